The summed E-state index contributed by atoms with van der Waals surface area (Å²) in [6.45, 7) is 12.0. The van der Waals surface area contributed by atoms with E-state index < -0.39 is 0 Å². The molecule has 3 rings (SSSR count). The van der Waals surface area contributed by atoms with Crippen molar-refractivity contribution in [2.24, 2.45) is 0 Å². The maximum Gasteiger partial charge on any atom is 0.0642 e. The number of ether oxygens (including phenoxy) is 1. The van der Waals surface area contributed by atoms with Crippen molar-refractivity contribution in [2.45, 2.75) is 33.1 Å². The van der Waals surface area contributed by atoms with E-state index >= 15 is 0 Å². The van der Waals surface area contributed by atoms with Gasteiger partial charge in [-0.2, -0.15) is 0 Å². The molecule has 0 amide bonds. The van der Waals surface area contributed by atoms with Crippen molar-refractivity contribution < 1.29 is 4.74 Å². The van der Waals surface area contributed by atoms with E-state index in [1.807, 2.05) is 0 Å². The number of anilines is 1. The van der Waals surface area contributed by atoms with Crippen LogP contribution in [0.4, 0.5) is 5.69 Å². The van der Waals surface area contributed by atoms with Gasteiger partial charge in [0.2, 0.25) is 0 Å². The second-order valence-electron chi connectivity index (χ2n) is 7.00. The van der Waals surface area contributed by atoms with E-state index in [-0.39, 0.29) is 0 Å². The third-order valence-corrected chi connectivity index (χ3v) is 4.86. The van der Waals surface area contributed by atoms with Crippen molar-refractivity contribution in [1.82, 2.24) is 0 Å². The summed E-state index contributed by atoms with van der Waals surface area (Å²) < 4.78 is 5.52. The third-order valence-electron chi connectivity index (χ3n) is 4.86. The minimum Gasteiger partial charge on any atom is -0.378 e. The van der Waals surface area contributed by atoms with Gasteiger partial charge in [0.15, 0.2) is 0 Å². The molecule has 2 aromatic rings. The van der Waals surface area contributed by atoms with Crippen LogP contribution in [0, 0.1) is 0 Å². The Morgan fingerprint density at radius 1 is 1.04 bits per heavy atom. The molecule has 1 fully saturated rings. The summed E-state index contributed by atoms with van der Waals surface area (Å²) in [5.74, 6) is 0. The molecule has 0 aliphatic carbocycles. The highest BCUT2D eigenvalue weighted by Crippen LogP contribution is 2.29. The fourth-order valence-electron chi connectivity index (χ4n) is 3.32. The molecular weight excluding hydrogens is 306 g/mol. The maximum absolute atomic E-state index is 5.52. The first-order valence-electron chi connectivity index (χ1n) is 9.36. The van der Waals surface area contributed by atoms with Crippen LogP contribution in [0.3, 0.4) is 0 Å². The van der Waals surface area contributed by atoms with Crippen molar-refractivity contribution in [2.75, 3.05) is 31.2 Å². The monoisotopic (exact) mass is 335 g/mol. The quantitative estimate of drug-likeness (QED) is 0.668. The van der Waals surface area contributed by atoms with Gasteiger partial charge in [0, 0.05) is 18.8 Å². The Labute approximate surface area is 152 Å². The maximum atomic E-state index is 5.52. The predicted molar refractivity (Wildman–Crippen MR) is 107 cm³/mol. The van der Waals surface area contributed by atoms with Gasteiger partial charge in [-0.15, -0.1) is 6.58 Å². The lowest BCUT2D eigenvalue weighted by Gasteiger charge is -2.29. The SMILES string of the molecule is C=C(C)CCc1cc(-c2cccc(CC)c2)cc(N2CCOCC2)c1. The summed E-state index contributed by atoms with van der Waals surface area (Å²) in [6.07, 6.45) is 3.16. The molecule has 25 heavy (non-hydrogen) atoms. The van der Waals surface area contributed by atoms with Crippen molar-refractivity contribution in [3.63, 3.8) is 0 Å². The van der Waals surface area contributed by atoms with Gasteiger partial charge in [0.05, 0.1) is 13.2 Å². The molecule has 1 aliphatic heterocycles. The molecule has 2 aromatic carbocycles. The summed E-state index contributed by atoms with van der Waals surface area (Å²) in [4.78, 5) is 2.45. The molecule has 1 heterocycles. The Balaban J connectivity index is 1.97. The van der Waals surface area contributed by atoms with Crippen LogP contribution in [0.15, 0.2) is 54.6 Å². The third kappa shape index (κ3) is 4.73. The molecule has 0 unspecified atom stereocenters. The molecule has 2 heteroatoms. The Morgan fingerprint density at radius 2 is 1.80 bits per heavy atom. The average molecular weight is 335 g/mol. The van der Waals surface area contributed by atoms with E-state index in [2.05, 4.69) is 67.8 Å². The van der Waals surface area contributed by atoms with E-state index in [1.165, 1.54) is 33.5 Å². The lowest BCUT2D eigenvalue weighted by atomic mass is 9.97. The van der Waals surface area contributed by atoms with Gasteiger partial charge in [-0.05, 0) is 60.6 Å². The Bertz CT molecular complexity index is 729. The largest absolute Gasteiger partial charge is 0.378 e. The molecule has 0 aromatic heterocycles. The van der Waals surface area contributed by atoms with Gasteiger partial charge < -0.3 is 9.64 Å². The van der Waals surface area contributed by atoms with Gasteiger partial charge in [0.25, 0.3) is 0 Å². The highest BCUT2D eigenvalue weighted by molar-refractivity contribution is 5.70. The minimum atomic E-state index is 0.816. The molecule has 1 saturated heterocycles. The van der Waals surface area contributed by atoms with Crippen LogP contribution in [0.25, 0.3) is 11.1 Å². The standard InChI is InChI=1S/C23H29NO/c1-4-19-6-5-7-21(14-19)22-15-20(9-8-18(2)3)16-23(17-22)24-10-12-25-13-11-24/h5-7,14-17H,2,4,8-13H2,1,3H3. The van der Waals surface area contributed by atoms with E-state index in [0.717, 1.165) is 45.6 Å². The van der Waals surface area contributed by atoms with E-state index in [4.69, 9.17) is 4.74 Å². The first-order valence-corrected chi connectivity index (χ1v) is 9.36. The minimum absolute atomic E-state index is 0.816. The Morgan fingerprint density at radius 3 is 2.52 bits per heavy atom. The highest BCUT2D eigenvalue weighted by atomic mass is 16.5. The van der Waals surface area contributed by atoms with Crippen LogP contribution in [-0.2, 0) is 17.6 Å². The lowest BCUT2D eigenvalue weighted by Crippen LogP contribution is -2.36. The predicted octanol–water partition coefficient (Wildman–Crippen LogP) is 5.26. The molecule has 0 atom stereocenters. The molecule has 0 saturated carbocycles. The number of aryl methyl sites for hydroxylation is 2. The molecule has 1 aliphatic rings. The number of benzene rings is 2. The molecule has 0 spiro atoms. The zero-order chi connectivity index (χ0) is 17.6. The Kier molecular flexibility index (Phi) is 5.93. The molecule has 2 nitrogen and oxygen atoms in total. The summed E-state index contributed by atoms with van der Waals surface area (Å²) >= 11 is 0. The summed E-state index contributed by atoms with van der Waals surface area (Å²) in [5.41, 5.74) is 7.97. The molecule has 132 valence electrons. The zero-order valence-electron chi connectivity index (χ0n) is 15.6. The van der Waals surface area contributed by atoms with Crippen LogP contribution in [0.1, 0.15) is 31.4 Å². The highest BCUT2D eigenvalue weighted by Gasteiger charge is 2.13. The number of hydrogen-bond donors (Lipinski definition) is 0. The smallest absolute Gasteiger partial charge is 0.0642 e. The molecule has 0 bridgehead atoms. The second kappa shape index (κ2) is 8.35. The number of hydrogen-bond acceptors (Lipinski definition) is 2. The number of morpholine rings is 1. The summed E-state index contributed by atoms with van der Waals surface area (Å²) in [5, 5.41) is 0. The first kappa shape index (κ1) is 17.8. The van der Waals surface area contributed by atoms with Crippen molar-refractivity contribution in [1.29, 1.82) is 0 Å². The van der Waals surface area contributed by atoms with E-state index in [9.17, 15) is 0 Å². The van der Waals surface area contributed by atoms with Crippen LogP contribution < -0.4 is 4.90 Å². The van der Waals surface area contributed by atoms with Crippen LogP contribution in [-0.4, -0.2) is 26.3 Å². The second-order valence-corrected chi connectivity index (χ2v) is 7.00. The van der Waals surface area contributed by atoms with Crippen LogP contribution >= 0.6 is 0 Å². The fourth-order valence-corrected chi connectivity index (χ4v) is 3.32. The van der Waals surface area contributed by atoms with Gasteiger partial charge >= 0.3 is 0 Å². The number of allylic oxidation sites excluding steroid dienone is 1. The van der Waals surface area contributed by atoms with Crippen molar-refractivity contribution in [3.05, 3.63) is 65.7 Å². The Hall–Kier alpha value is -2.06. The summed E-state index contributed by atoms with van der Waals surface area (Å²) in [7, 11) is 0. The van der Waals surface area contributed by atoms with E-state index in [0.29, 0.717) is 0 Å². The molecule has 0 radical (unpaired) electrons. The molecular formula is C23H29NO. The van der Waals surface area contributed by atoms with Crippen molar-refractivity contribution >= 4 is 5.69 Å². The average Bonchev–Trinajstić information content (AvgIpc) is 2.67. The van der Waals surface area contributed by atoms with Gasteiger partial charge in [-0.3, -0.25) is 0 Å². The molecule has 0 N–H and O–H groups in total. The van der Waals surface area contributed by atoms with Crippen LogP contribution in [0.2, 0.25) is 0 Å². The topological polar surface area (TPSA) is 12.5 Å². The normalized spacial score (nSPS) is 14.6. The van der Waals surface area contributed by atoms with Crippen LogP contribution in [0.5, 0.6) is 0 Å². The van der Waals surface area contributed by atoms with Gasteiger partial charge in [-0.25, -0.2) is 0 Å². The number of nitrogens with zero attached hydrogens (tertiary/aromatic N) is 1. The van der Waals surface area contributed by atoms with Gasteiger partial charge in [0.1, 0.15) is 0 Å². The zero-order valence-corrected chi connectivity index (χ0v) is 15.6. The number of rotatable bonds is 6. The summed E-state index contributed by atoms with van der Waals surface area (Å²) in [6, 6.07) is 16.0. The first-order chi connectivity index (χ1) is 12.2. The van der Waals surface area contributed by atoms with Crippen molar-refractivity contribution in [3.8, 4) is 11.1 Å². The van der Waals surface area contributed by atoms with E-state index in [1.54, 1.807) is 0 Å². The lowest BCUT2D eigenvalue weighted by molar-refractivity contribution is 0.122. The van der Waals surface area contributed by atoms with Gasteiger partial charge in [-0.1, -0.05) is 42.8 Å². The fraction of sp³-hybridized carbons (Fsp3) is 0.391.